The predicted octanol–water partition coefficient (Wildman–Crippen LogP) is 4.49. The van der Waals surface area contributed by atoms with Crippen LogP contribution < -0.4 is 0 Å². The van der Waals surface area contributed by atoms with Crippen molar-refractivity contribution < 1.29 is 19.7 Å². The van der Waals surface area contributed by atoms with Crippen LogP contribution in [-0.2, 0) is 15.9 Å². The van der Waals surface area contributed by atoms with E-state index in [1.54, 1.807) is 18.7 Å². The van der Waals surface area contributed by atoms with Gasteiger partial charge in [-0.25, -0.2) is 4.79 Å². The second-order valence-electron chi connectivity index (χ2n) is 8.36. The Bertz CT molecular complexity index is 813. The molecule has 2 aromatic rings. The van der Waals surface area contributed by atoms with E-state index in [2.05, 4.69) is 0 Å². The molecule has 1 aliphatic rings. The molecule has 1 heterocycles. The monoisotopic (exact) mass is 397 g/mol. The lowest BCUT2D eigenvalue weighted by atomic mass is 9.84. The van der Waals surface area contributed by atoms with Crippen molar-refractivity contribution in [3.63, 3.8) is 0 Å². The van der Waals surface area contributed by atoms with Gasteiger partial charge in [0, 0.05) is 19.6 Å². The zero-order valence-electron chi connectivity index (χ0n) is 17.5. The van der Waals surface area contributed by atoms with Crippen LogP contribution in [0.15, 0.2) is 54.6 Å². The van der Waals surface area contributed by atoms with Crippen LogP contribution >= 0.6 is 0 Å². The van der Waals surface area contributed by atoms with Crippen molar-refractivity contribution in [3.05, 3.63) is 71.3 Å². The summed E-state index contributed by atoms with van der Waals surface area (Å²) in [5, 5.41) is 19.5. The maximum absolute atomic E-state index is 13.0. The first-order chi connectivity index (χ1) is 13.8. The van der Waals surface area contributed by atoms with E-state index in [1.165, 1.54) is 0 Å². The van der Waals surface area contributed by atoms with Gasteiger partial charge in [0.05, 0.1) is 11.6 Å². The highest BCUT2D eigenvalue weighted by Gasteiger charge is 2.43. The molecule has 5 heteroatoms. The quantitative estimate of drug-likeness (QED) is 0.722. The summed E-state index contributed by atoms with van der Waals surface area (Å²) in [6.45, 7) is 6.14. The highest BCUT2D eigenvalue weighted by molar-refractivity contribution is 5.70. The van der Waals surface area contributed by atoms with Crippen LogP contribution in [0.3, 0.4) is 0 Å². The maximum atomic E-state index is 13.0. The van der Waals surface area contributed by atoms with Crippen LogP contribution in [0, 0.1) is 0 Å². The molecular weight excluding hydrogens is 366 g/mol. The third-order valence-corrected chi connectivity index (χ3v) is 5.88. The molecule has 0 aliphatic carbocycles. The van der Waals surface area contributed by atoms with Crippen molar-refractivity contribution in [2.45, 2.75) is 57.3 Å². The summed E-state index contributed by atoms with van der Waals surface area (Å²) in [4.78, 5) is 14.7. The third-order valence-electron chi connectivity index (χ3n) is 5.88. The van der Waals surface area contributed by atoms with Gasteiger partial charge in [-0.15, -0.1) is 0 Å². The molecule has 2 aromatic carbocycles. The van der Waals surface area contributed by atoms with Gasteiger partial charge in [-0.3, -0.25) is 0 Å². The van der Waals surface area contributed by atoms with Gasteiger partial charge in [0.15, 0.2) is 0 Å². The summed E-state index contributed by atoms with van der Waals surface area (Å²) in [5.74, 6) is 0. The van der Waals surface area contributed by atoms with Crippen LogP contribution in [0.4, 0.5) is 4.79 Å². The fourth-order valence-corrected chi connectivity index (χ4v) is 4.00. The summed E-state index contributed by atoms with van der Waals surface area (Å²) in [7, 11) is 0. The maximum Gasteiger partial charge on any atom is 0.411 e. The zero-order valence-corrected chi connectivity index (χ0v) is 17.5. The molecule has 2 N–H and O–H groups in total. The molecule has 156 valence electrons. The second kappa shape index (κ2) is 8.56. The van der Waals surface area contributed by atoms with E-state index < -0.39 is 11.2 Å². The first-order valence-corrected chi connectivity index (χ1v) is 10.3. The number of nitrogens with zero attached hydrogens (tertiary/aromatic N) is 1. The van der Waals surface area contributed by atoms with Gasteiger partial charge in [0.2, 0.25) is 0 Å². The number of ether oxygens (including phenoxy) is 1. The Morgan fingerprint density at radius 2 is 1.79 bits per heavy atom. The number of cyclic esters (lactones) is 1. The summed E-state index contributed by atoms with van der Waals surface area (Å²) in [6.07, 6.45) is 1.52. The summed E-state index contributed by atoms with van der Waals surface area (Å²) < 4.78 is 6.03. The van der Waals surface area contributed by atoms with E-state index in [1.807, 2.05) is 61.5 Å². The Morgan fingerprint density at radius 1 is 1.14 bits per heavy atom. The number of rotatable bonds is 7. The molecule has 3 rings (SSSR count). The van der Waals surface area contributed by atoms with Gasteiger partial charge >= 0.3 is 6.09 Å². The van der Waals surface area contributed by atoms with Crippen molar-refractivity contribution in [1.29, 1.82) is 0 Å². The number of aliphatic hydroxyl groups is 2. The number of benzene rings is 2. The minimum atomic E-state index is -0.895. The average molecular weight is 398 g/mol. The Balaban J connectivity index is 1.78. The molecule has 0 radical (unpaired) electrons. The Hall–Kier alpha value is -2.37. The lowest BCUT2D eigenvalue weighted by molar-refractivity contribution is -0.0680. The van der Waals surface area contributed by atoms with Crippen LogP contribution in [0.5, 0.6) is 0 Å². The standard InChI is InChI=1S/C24H31NO4/c1-18(19-10-12-20(13-11-19)23(2,3)28)25-16-15-24(14-7-17-26,29-22(25)27)21-8-5-4-6-9-21/h4-6,8-13,18,26,28H,7,14-17H2,1-3H3/t18-,24?/m0/s1. The number of hydrogen-bond donors (Lipinski definition) is 2. The van der Waals surface area contributed by atoms with E-state index in [0.717, 1.165) is 16.7 Å². The smallest absolute Gasteiger partial charge is 0.411 e. The van der Waals surface area contributed by atoms with Crippen molar-refractivity contribution in [3.8, 4) is 0 Å². The molecular formula is C24H31NO4. The largest absolute Gasteiger partial charge is 0.438 e. The second-order valence-corrected chi connectivity index (χ2v) is 8.36. The average Bonchev–Trinajstić information content (AvgIpc) is 2.72. The predicted molar refractivity (Wildman–Crippen MR) is 112 cm³/mol. The van der Waals surface area contributed by atoms with Gasteiger partial charge in [-0.1, -0.05) is 54.6 Å². The van der Waals surface area contributed by atoms with E-state index in [-0.39, 0.29) is 18.7 Å². The molecule has 1 fully saturated rings. The molecule has 0 aromatic heterocycles. The summed E-state index contributed by atoms with van der Waals surface area (Å²) in [6, 6.07) is 17.4. The number of hydrogen-bond acceptors (Lipinski definition) is 4. The van der Waals surface area contributed by atoms with Crippen LogP contribution in [0.25, 0.3) is 0 Å². The van der Waals surface area contributed by atoms with E-state index in [0.29, 0.717) is 25.8 Å². The van der Waals surface area contributed by atoms with Crippen molar-refractivity contribution >= 4 is 6.09 Å². The lowest BCUT2D eigenvalue weighted by Crippen LogP contribution is -2.48. The number of carbonyl (C=O) groups excluding carboxylic acids is 1. The first kappa shape index (κ1) is 21.3. The minimum absolute atomic E-state index is 0.0693. The molecule has 1 unspecified atom stereocenters. The minimum Gasteiger partial charge on any atom is -0.438 e. The van der Waals surface area contributed by atoms with E-state index >= 15 is 0 Å². The molecule has 1 amide bonds. The van der Waals surface area contributed by atoms with E-state index in [4.69, 9.17) is 4.74 Å². The SMILES string of the molecule is C[C@@H](c1ccc(C(C)(C)O)cc1)N1CCC(CCCO)(c2ccccc2)OC1=O. The molecule has 0 saturated carbocycles. The molecule has 5 nitrogen and oxygen atoms in total. The molecule has 0 bridgehead atoms. The van der Waals surface area contributed by atoms with Gasteiger partial charge in [-0.2, -0.15) is 0 Å². The van der Waals surface area contributed by atoms with Gasteiger partial charge < -0.3 is 19.8 Å². The van der Waals surface area contributed by atoms with Gasteiger partial charge in [0.1, 0.15) is 5.60 Å². The molecule has 1 saturated heterocycles. The van der Waals surface area contributed by atoms with Crippen molar-refractivity contribution in [2.75, 3.05) is 13.2 Å². The Labute approximate surface area is 172 Å². The summed E-state index contributed by atoms with van der Waals surface area (Å²) in [5.41, 5.74) is 1.22. The Kier molecular flexibility index (Phi) is 6.30. The van der Waals surface area contributed by atoms with Crippen LogP contribution in [0.2, 0.25) is 0 Å². The molecule has 0 spiro atoms. The highest BCUT2D eigenvalue weighted by Crippen LogP contribution is 2.40. The molecule has 29 heavy (non-hydrogen) atoms. The fraction of sp³-hybridized carbons (Fsp3) is 0.458. The first-order valence-electron chi connectivity index (χ1n) is 10.3. The van der Waals surface area contributed by atoms with Crippen molar-refractivity contribution in [2.24, 2.45) is 0 Å². The third kappa shape index (κ3) is 4.62. The molecule has 1 aliphatic heterocycles. The van der Waals surface area contributed by atoms with Crippen LogP contribution in [-0.4, -0.2) is 34.4 Å². The van der Waals surface area contributed by atoms with Gasteiger partial charge in [0.25, 0.3) is 0 Å². The number of amides is 1. The Morgan fingerprint density at radius 3 is 2.34 bits per heavy atom. The zero-order chi connectivity index (χ0) is 21.1. The lowest BCUT2D eigenvalue weighted by Gasteiger charge is -2.43. The highest BCUT2D eigenvalue weighted by atomic mass is 16.6. The van der Waals surface area contributed by atoms with E-state index in [9.17, 15) is 15.0 Å². The van der Waals surface area contributed by atoms with Crippen LogP contribution in [0.1, 0.15) is 62.8 Å². The normalized spacial score (nSPS) is 21.0. The molecule has 2 atom stereocenters. The summed E-state index contributed by atoms with van der Waals surface area (Å²) >= 11 is 0. The topological polar surface area (TPSA) is 70.0 Å². The fourth-order valence-electron chi connectivity index (χ4n) is 4.00. The van der Waals surface area contributed by atoms with Crippen molar-refractivity contribution in [1.82, 2.24) is 4.90 Å². The number of carbonyl (C=O) groups is 1. The number of aliphatic hydroxyl groups excluding tert-OH is 1. The van der Waals surface area contributed by atoms with Gasteiger partial charge in [-0.05, 0) is 50.3 Å².